The third-order valence-corrected chi connectivity index (χ3v) is 5.66. The molecule has 31 heavy (non-hydrogen) atoms. The van der Waals surface area contributed by atoms with Crippen molar-refractivity contribution >= 4 is 28.2 Å². The van der Waals surface area contributed by atoms with E-state index in [-0.39, 0.29) is 52.5 Å². The van der Waals surface area contributed by atoms with E-state index < -0.39 is 0 Å². The quantitative estimate of drug-likeness (QED) is 0.464. The summed E-state index contributed by atoms with van der Waals surface area (Å²) < 4.78 is 19.3. The number of rotatable bonds is 5. The summed E-state index contributed by atoms with van der Waals surface area (Å²) in [5.41, 5.74) is 1.39. The van der Waals surface area contributed by atoms with Crippen LogP contribution in [0.2, 0.25) is 5.02 Å². The maximum absolute atomic E-state index is 13.5. The molecule has 0 spiro atoms. The highest BCUT2D eigenvalue weighted by Crippen LogP contribution is 2.30. The Bertz CT molecular complexity index is 1390. The number of ether oxygens (including phenoxy) is 2. The molecule has 1 aliphatic heterocycles. The average molecular weight is 441 g/mol. The third kappa shape index (κ3) is 3.09. The van der Waals surface area contributed by atoms with E-state index in [0.29, 0.717) is 23.5 Å². The lowest BCUT2D eigenvalue weighted by molar-refractivity contribution is 0.103. The average Bonchev–Trinajstić information content (AvgIpc) is 3.53. The van der Waals surface area contributed by atoms with Crippen molar-refractivity contribution in [2.45, 2.75) is 25.5 Å². The zero-order chi connectivity index (χ0) is 21.5. The number of aromatic nitrogens is 5. The van der Waals surface area contributed by atoms with Crippen LogP contribution in [0.25, 0.3) is 28.1 Å². The van der Waals surface area contributed by atoms with Gasteiger partial charge in [0, 0.05) is 20.3 Å². The van der Waals surface area contributed by atoms with Crippen molar-refractivity contribution in [1.82, 2.24) is 24.1 Å². The van der Waals surface area contributed by atoms with Crippen LogP contribution in [-0.2, 0) is 16.0 Å². The Kier molecular flexibility index (Phi) is 4.94. The number of halogens is 1. The van der Waals surface area contributed by atoms with Crippen molar-refractivity contribution in [3.63, 3.8) is 0 Å². The standard InChI is InChI=1S/C20H17ClN6O4/c1-29-8-6-26-16-11(9-22)12(21)4-5-13(16)27-10-23-15(17(27)20(26)28)19-24-18(25-31-19)14-3-2-7-30-14/h4-5,10,14H,2-3,6-8H2,1H3. The van der Waals surface area contributed by atoms with Gasteiger partial charge in [-0.05, 0) is 25.0 Å². The van der Waals surface area contributed by atoms with Gasteiger partial charge in [-0.1, -0.05) is 16.8 Å². The Labute approximate surface area is 180 Å². The lowest BCUT2D eigenvalue weighted by Gasteiger charge is -2.14. The summed E-state index contributed by atoms with van der Waals surface area (Å²) in [7, 11) is 1.54. The molecule has 4 heterocycles. The zero-order valence-corrected chi connectivity index (χ0v) is 17.3. The molecule has 1 aromatic carbocycles. The van der Waals surface area contributed by atoms with E-state index in [1.807, 2.05) is 0 Å². The molecule has 1 atom stereocenters. The van der Waals surface area contributed by atoms with Gasteiger partial charge in [0.2, 0.25) is 5.82 Å². The predicted molar refractivity (Wildman–Crippen MR) is 110 cm³/mol. The van der Waals surface area contributed by atoms with E-state index >= 15 is 0 Å². The van der Waals surface area contributed by atoms with E-state index in [1.165, 1.54) is 10.9 Å². The maximum Gasteiger partial charge on any atom is 0.279 e. The molecule has 0 bridgehead atoms. The van der Waals surface area contributed by atoms with Crippen LogP contribution in [-0.4, -0.2) is 44.4 Å². The molecule has 1 aliphatic rings. The molecule has 3 aromatic heterocycles. The number of methoxy groups -OCH3 is 1. The molecular formula is C20H17ClN6O4. The molecule has 1 unspecified atom stereocenters. The molecule has 0 aliphatic carbocycles. The Balaban J connectivity index is 1.77. The molecule has 4 aromatic rings. The first kappa shape index (κ1) is 19.7. The number of hydrogen-bond acceptors (Lipinski definition) is 8. The molecule has 1 fully saturated rings. The van der Waals surface area contributed by atoms with Crippen molar-refractivity contribution in [1.29, 1.82) is 5.26 Å². The van der Waals surface area contributed by atoms with Gasteiger partial charge in [-0.3, -0.25) is 9.20 Å². The zero-order valence-electron chi connectivity index (χ0n) is 16.5. The smallest absolute Gasteiger partial charge is 0.279 e. The second-order valence-electron chi connectivity index (χ2n) is 7.12. The fourth-order valence-electron chi connectivity index (χ4n) is 3.89. The monoisotopic (exact) mass is 440 g/mol. The molecule has 0 amide bonds. The lowest BCUT2D eigenvalue weighted by Crippen LogP contribution is -2.25. The highest BCUT2D eigenvalue weighted by atomic mass is 35.5. The molecule has 1 saturated heterocycles. The van der Waals surface area contributed by atoms with Gasteiger partial charge in [-0.25, -0.2) is 4.98 Å². The van der Waals surface area contributed by atoms with Crippen molar-refractivity contribution in [3.8, 4) is 17.7 Å². The van der Waals surface area contributed by atoms with Crippen molar-refractivity contribution in [3.05, 3.63) is 45.2 Å². The Morgan fingerprint density at radius 3 is 3.00 bits per heavy atom. The minimum absolute atomic E-state index is 0.136. The molecule has 158 valence electrons. The van der Waals surface area contributed by atoms with Gasteiger partial charge in [0.1, 0.15) is 24.0 Å². The van der Waals surface area contributed by atoms with Crippen molar-refractivity contribution in [2.75, 3.05) is 20.3 Å². The van der Waals surface area contributed by atoms with Crippen LogP contribution in [0.3, 0.4) is 0 Å². The van der Waals surface area contributed by atoms with Crippen LogP contribution in [0.4, 0.5) is 0 Å². The van der Waals surface area contributed by atoms with Crippen LogP contribution in [0.5, 0.6) is 0 Å². The minimum Gasteiger partial charge on any atom is -0.383 e. The van der Waals surface area contributed by atoms with Crippen LogP contribution < -0.4 is 5.56 Å². The summed E-state index contributed by atoms with van der Waals surface area (Å²) in [4.78, 5) is 22.3. The topological polar surface area (TPSA) is 120 Å². The summed E-state index contributed by atoms with van der Waals surface area (Å²) in [5, 5.41) is 13.9. The summed E-state index contributed by atoms with van der Waals surface area (Å²) >= 11 is 6.24. The summed E-state index contributed by atoms with van der Waals surface area (Å²) in [6.45, 7) is 1.16. The van der Waals surface area contributed by atoms with Crippen LogP contribution in [0.1, 0.15) is 30.3 Å². The normalized spacial score (nSPS) is 16.4. The van der Waals surface area contributed by atoms with E-state index in [1.54, 1.807) is 23.6 Å². The van der Waals surface area contributed by atoms with Gasteiger partial charge in [0.25, 0.3) is 11.4 Å². The SMILES string of the molecule is COCCn1c(=O)c2c(-c3nc(C4CCCO4)no3)ncn2c2ccc(Cl)c(C#N)c21. The van der Waals surface area contributed by atoms with Gasteiger partial charge in [0.15, 0.2) is 5.69 Å². The summed E-state index contributed by atoms with van der Waals surface area (Å²) in [5.74, 6) is 0.574. The second kappa shape index (κ2) is 7.77. The fraction of sp³-hybridized carbons (Fsp3) is 0.350. The Morgan fingerprint density at radius 1 is 1.39 bits per heavy atom. The molecule has 0 radical (unpaired) electrons. The van der Waals surface area contributed by atoms with Gasteiger partial charge >= 0.3 is 0 Å². The number of nitrogens with zero attached hydrogens (tertiary/aromatic N) is 6. The van der Waals surface area contributed by atoms with E-state index in [4.69, 9.17) is 25.6 Å². The predicted octanol–water partition coefficient (Wildman–Crippen LogP) is 2.72. The summed E-state index contributed by atoms with van der Waals surface area (Å²) in [6.07, 6.45) is 3.03. The van der Waals surface area contributed by atoms with Crippen LogP contribution in [0, 0.1) is 11.3 Å². The molecule has 10 nitrogen and oxygen atoms in total. The Morgan fingerprint density at radius 2 is 2.26 bits per heavy atom. The van der Waals surface area contributed by atoms with Crippen LogP contribution in [0.15, 0.2) is 27.8 Å². The van der Waals surface area contributed by atoms with Crippen molar-refractivity contribution < 1.29 is 14.0 Å². The number of imidazole rings is 1. The van der Waals surface area contributed by atoms with E-state index in [2.05, 4.69) is 21.2 Å². The number of nitriles is 1. The van der Waals surface area contributed by atoms with Crippen LogP contribution >= 0.6 is 11.6 Å². The number of benzene rings is 1. The summed E-state index contributed by atoms with van der Waals surface area (Å²) in [6, 6.07) is 5.46. The molecule has 0 N–H and O–H groups in total. The maximum atomic E-state index is 13.5. The first-order chi connectivity index (χ1) is 15.1. The third-order valence-electron chi connectivity index (χ3n) is 5.34. The fourth-order valence-corrected chi connectivity index (χ4v) is 4.08. The lowest BCUT2D eigenvalue weighted by atomic mass is 10.1. The number of hydrogen-bond donors (Lipinski definition) is 0. The van der Waals surface area contributed by atoms with E-state index in [0.717, 1.165) is 12.8 Å². The molecular weight excluding hydrogens is 424 g/mol. The van der Waals surface area contributed by atoms with Gasteiger partial charge < -0.3 is 18.6 Å². The van der Waals surface area contributed by atoms with Gasteiger partial charge in [-0.15, -0.1) is 0 Å². The minimum atomic E-state index is -0.368. The van der Waals surface area contributed by atoms with E-state index in [9.17, 15) is 10.1 Å². The highest BCUT2D eigenvalue weighted by Gasteiger charge is 2.27. The second-order valence-corrected chi connectivity index (χ2v) is 7.53. The largest absolute Gasteiger partial charge is 0.383 e. The van der Waals surface area contributed by atoms with Crippen molar-refractivity contribution in [2.24, 2.45) is 0 Å². The Hall–Kier alpha value is -3.26. The highest BCUT2D eigenvalue weighted by molar-refractivity contribution is 6.32. The molecule has 0 saturated carbocycles. The first-order valence-corrected chi connectivity index (χ1v) is 10.1. The van der Waals surface area contributed by atoms with Gasteiger partial charge in [-0.2, -0.15) is 10.2 Å². The molecule has 5 rings (SSSR count). The molecule has 11 heteroatoms. The number of fused-ring (bicyclic) bond motifs is 3. The van der Waals surface area contributed by atoms with Gasteiger partial charge in [0.05, 0.1) is 28.2 Å². The first-order valence-electron chi connectivity index (χ1n) is 9.70.